The maximum Gasteiger partial charge on any atom is 0.260 e. The van der Waals surface area contributed by atoms with Crippen molar-refractivity contribution in [3.8, 4) is 51.2 Å². The number of ether oxygens (including phenoxy) is 2. The van der Waals surface area contributed by atoms with E-state index in [1.807, 2.05) is 12.1 Å². The van der Waals surface area contributed by atoms with Crippen molar-refractivity contribution in [2.24, 2.45) is 0 Å². The first-order valence-electron chi connectivity index (χ1n) is 22.2. The third kappa shape index (κ3) is 5.74. The van der Waals surface area contributed by atoms with Crippen molar-refractivity contribution >= 4 is 73.7 Å². The molecule has 0 aliphatic carbocycles. The molecule has 0 atom stereocenters. The maximum atomic E-state index is 7.08. The lowest BCUT2D eigenvalue weighted by Crippen LogP contribution is -2.74. The molecule has 0 unspecified atom stereocenters. The van der Waals surface area contributed by atoms with Gasteiger partial charge in [-0.3, -0.25) is 4.57 Å². The smallest absolute Gasteiger partial charge is 0.260 e. The van der Waals surface area contributed by atoms with E-state index in [2.05, 4.69) is 229 Å². The predicted octanol–water partition coefficient (Wildman–Crippen LogP) is 9.62. The van der Waals surface area contributed by atoms with Crippen molar-refractivity contribution in [2.75, 3.05) is 0 Å². The molecule has 2 aliphatic heterocycles. The summed E-state index contributed by atoms with van der Waals surface area (Å²) in [6.07, 6.45) is 0. The Hall–Kier alpha value is -8.19. The molecule has 0 amide bonds. The van der Waals surface area contributed by atoms with Gasteiger partial charge in [0.1, 0.15) is 17.2 Å². The van der Waals surface area contributed by atoms with Crippen molar-refractivity contribution in [1.29, 1.82) is 0 Å². The Bertz CT molecular complexity index is 3470. The second-order valence-electron chi connectivity index (χ2n) is 16.9. The lowest BCUT2D eigenvalue weighted by atomic mass is 9.35. The fourth-order valence-electron chi connectivity index (χ4n) is 10.7. The largest absolute Gasteiger partial charge is 0.456 e. The molecule has 0 bridgehead atoms. The molecule has 0 fully saturated rings. The Labute approximate surface area is 378 Å². The van der Waals surface area contributed by atoms with Crippen LogP contribution in [0.2, 0.25) is 0 Å². The number of hydrogen-bond acceptors (Lipinski definition) is 3. The average molecular weight is 847 g/mol. The van der Waals surface area contributed by atoms with E-state index < -0.39 is 8.07 Å². The molecular weight excluding hydrogens is 808 g/mol. The Balaban J connectivity index is 1.06. The topological polar surface area (TPSA) is 36.3 Å². The first kappa shape index (κ1) is 37.4. The maximum absolute atomic E-state index is 7.08. The van der Waals surface area contributed by atoms with Crippen LogP contribution in [0.3, 0.4) is 0 Å². The minimum Gasteiger partial charge on any atom is -0.456 e. The van der Waals surface area contributed by atoms with Crippen molar-refractivity contribution < 1.29 is 9.47 Å². The van der Waals surface area contributed by atoms with Gasteiger partial charge in [0.15, 0.2) is 25.4 Å². The number of benzene rings is 9. The zero-order chi connectivity index (χ0) is 42.9. The van der Waals surface area contributed by atoms with Crippen molar-refractivity contribution in [1.82, 2.24) is 9.55 Å². The lowest BCUT2D eigenvalue weighted by Gasteiger charge is -2.35. The van der Waals surface area contributed by atoms with Crippen LogP contribution in [0.5, 0.6) is 23.0 Å². The molecule has 0 N–H and O–H groups in total. The Morgan fingerprint density at radius 3 is 1.42 bits per heavy atom. The highest BCUT2D eigenvalue weighted by Crippen LogP contribution is 2.44. The molecule has 0 saturated heterocycles. The summed E-state index contributed by atoms with van der Waals surface area (Å²) in [5, 5.41) is 7.66. The quantitative estimate of drug-likeness (QED) is 0.119. The van der Waals surface area contributed by atoms with Gasteiger partial charge in [-0.25, -0.2) is 4.98 Å². The summed E-state index contributed by atoms with van der Waals surface area (Å²) in [5.41, 5.74) is 9.29. The van der Waals surface area contributed by atoms with Gasteiger partial charge in [0, 0.05) is 21.8 Å². The van der Waals surface area contributed by atoms with Crippen LogP contribution in [0.4, 0.5) is 0 Å². The molecule has 2 aromatic heterocycles. The second kappa shape index (κ2) is 15.0. The van der Waals surface area contributed by atoms with Gasteiger partial charge in [-0.2, -0.15) is 0 Å². The summed E-state index contributed by atoms with van der Waals surface area (Å²) in [7, 11) is -2.77. The van der Waals surface area contributed by atoms with E-state index in [1.54, 1.807) is 0 Å². The minimum atomic E-state index is -2.77. The molecule has 4 nitrogen and oxygen atoms in total. The SMILES string of the molecule is c1ccc([Si](c2ccccc2)(c2ccccc2)c2cccc(-c3cccc(-c4nc(-n5c6ccccc6c6ccccc65)c5c6c4Oc4ccccc4B6c4ccccc4O5)c3)c2)cc1. The summed E-state index contributed by atoms with van der Waals surface area (Å²) in [5.74, 6) is 3.81. The van der Waals surface area contributed by atoms with Gasteiger partial charge in [-0.15, -0.1) is 0 Å². The molecule has 11 aromatic rings. The molecule has 65 heavy (non-hydrogen) atoms. The van der Waals surface area contributed by atoms with E-state index in [9.17, 15) is 0 Å². The summed E-state index contributed by atoms with van der Waals surface area (Å²) < 4.78 is 16.4. The molecule has 4 heterocycles. The van der Waals surface area contributed by atoms with Crippen LogP contribution >= 0.6 is 0 Å². The first-order chi connectivity index (χ1) is 32.3. The van der Waals surface area contributed by atoms with Crippen LogP contribution in [-0.4, -0.2) is 24.3 Å². The normalized spacial score (nSPS) is 12.5. The van der Waals surface area contributed by atoms with Crippen molar-refractivity contribution in [3.63, 3.8) is 0 Å². The predicted molar refractivity (Wildman–Crippen MR) is 271 cm³/mol. The highest BCUT2D eigenvalue weighted by atomic mass is 28.3. The van der Waals surface area contributed by atoms with E-state index in [4.69, 9.17) is 14.5 Å². The van der Waals surface area contributed by atoms with E-state index in [-0.39, 0.29) is 6.71 Å². The molecule has 6 heteroatoms. The third-order valence-corrected chi connectivity index (χ3v) is 18.3. The highest BCUT2D eigenvalue weighted by molar-refractivity contribution is 7.20. The molecule has 2 aliphatic rings. The molecule has 304 valence electrons. The summed E-state index contributed by atoms with van der Waals surface area (Å²) >= 11 is 0. The minimum absolute atomic E-state index is 0.129. The summed E-state index contributed by atoms with van der Waals surface area (Å²) in [6, 6.07) is 85.3. The number of nitrogens with zero attached hydrogens (tertiary/aromatic N) is 2. The number of para-hydroxylation sites is 4. The van der Waals surface area contributed by atoms with Crippen molar-refractivity contribution in [2.45, 2.75) is 0 Å². The fourth-order valence-corrected chi connectivity index (χ4v) is 15.5. The number of pyridine rings is 1. The van der Waals surface area contributed by atoms with Crippen LogP contribution < -0.4 is 46.6 Å². The third-order valence-electron chi connectivity index (χ3n) is 13.5. The second-order valence-corrected chi connectivity index (χ2v) is 20.8. The van der Waals surface area contributed by atoms with E-state index in [0.717, 1.165) is 83.6 Å². The number of hydrogen-bond donors (Lipinski definition) is 0. The van der Waals surface area contributed by atoms with E-state index in [1.165, 1.54) is 20.7 Å². The lowest BCUT2D eigenvalue weighted by molar-refractivity contribution is 0.460. The van der Waals surface area contributed by atoms with Gasteiger partial charge < -0.3 is 9.47 Å². The molecule has 0 spiro atoms. The number of rotatable bonds is 7. The van der Waals surface area contributed by atoms with E-state index >= 15 is 0 Å². The number of aromatic nitrogens is 2. The molecule has 0 radical (unpaired) electrons. The zero-order valence-electron chi connectivity index (χ0n) is 35.3. The Morgan fingerprint density at radius 1 is 0.385 bits per heavy atom. The van der Waals surface area contributed by atoms with Gasteiger partial charge in [-0.1, -0.05) is 206 Å². The highest BCUT2D eigenvalue weighted by Gasteiger charge is 2.44. The van der Waals surface area contributed by atoms with E-state index in [0.29, 0.717) is 5.75 Å². The van der Waals surface area contributed by atoms with Crippen LogP contribution in [0.15, 0.2) is 237 Å². The van der Waals surface area contributed by atoms with Gasteiger partial charge in [-0.05, 0) is 73.1 Å². The average Bonchev–Trinajstić information content (AvgIpc) is 3.72. The molecule has 13 rings (SSSR count). The van der Waals surface area contributed by atoms with Crippen LogP contribution in [0.25, 0.3) is 50.0 Å². The van der Waals surface area contributed by atoms with Crippen LogP contribution in [-0.2, 0) is 0 Å². The van der Waals surface area contributed by atoms with Gasteiger partial charge in [0.25, 0.3) is 6.71 Å². The summed E-state index contributed by atoms with van der Waals surface area (Å²) in [4.78, 5) is 5.71. The molecule has 0 saturated carbocycles. The number of fused-ring (bicyclic) bond motifs is 7. The summed E-state index contributed by atoms with van der Waals surface area (Å²) in [6.45, 7) is -0.129. The van der Waals surface area contributed by atoms with Crippen LogP contribution in [0, 0.1) is 0 Å². The molecule has 9 aromatic carbocycles. The Kier molecular flexibility index (Phi) is 8.61. The van der Waals surface area contributed by atoms with Crippen LogP contribution in [0.1, 0.15) is 0 Å². The standard InChI is InChI=1S/C59H39BN2O2Si/c1-4-23-43(24-5-1)65(44-25-6-2-7-26-44,45-27-8-3-9-28-45)46-29-19-21-41(39-46)40-20-18-22-42(38-40)56-57-55-58(59(61-56)62-51-34-14-10-30-47(51)48-31-11-15-35-52(48)62)64-54-37-17-13-33-50(54)60(55)49-32-12-16-36-53(49)63-57/h1-39H. The van der Waals surface area contributed by atoms with Gasteiger partial charge >= 0.3 is 0 Å². The molecular formula is C59H39BN2O2Si. The van der Waals surface area contributed by atoms with Gasteiger partial charge in [0.05, 0.1) is 11.0 Å². The van der Waals surface area contributed by atoms with Gasteiger partial charge in [0.2, 0.25) is 0 Å². The zero-order valence-corrected chi connectivity index (χ0v) is 36.3. The van der Waals surface area contributed by atoms with Crippen molar-refractivity contribution in [3.05, 3.63) is 237 Å². The Morgan fingerprint density at radius 2 is 0.831 bits per heavy atom. The fraction of sp³-hybridized carbons (Fsp3) is 0. The first-order valence-corrected chi connectivity index (χ1v) is 24.2. The monoisotopic (exact) mass is 846 g/mol.